The van der Waals surface area contributed by atoms with Gasteiger partial charge in [0.15, 0.2) is 11.6 Å². The van der Waals surface area contributed by atoms with Gasteiger partial charge in [-0.25, -0.2) is 4.68 Å². The van der Waals surface area contributed by atoms with Crippen molar-refractivity contribution in [2.75, 3.05) is 5.32 Å². The van der Waals surface area contributed by atoms with E-state index in [4.69, 9.17) is 21.7 Å². The maximum absolute atomic E-state index is 13.3. The third-order valence-corrected chi connectivity index (χ3v) is 6.01. The number of Topliss-reactive ketones (excluding diaryl/α,β-unsaturated/α-hetero) is 1. The zero-order chi connectivity index (χ0) is 21.0. The molecule has 0 unspecified atom stereocenters. The highest BCUT2D eigenvalue weighted by Gasteiger charge is 2.41. The lowest BCUT2D eigenvalue weighted by atomic mass is 9.73. The molecule has 0 fully saturated rings. The van der Waals surface area contributed by atoms with Crippen LogP contribution in [0.1, 0.15) is 43.9 Å². The summed E-state index contributed by atoms with van der Waals surface area (Å²) in [4.78, 5) is 18.0. The number of hydrogen-bond donors (Lipinski definition) is 1. The lowest BCUT2D eigenvalue weighted by Gasteiger charge is -2.38. The minimum absolute atomic E-state index is 0.0853. The molecule has 5 nitrogen and oxygen atoms in total. The summed E-state index contributed by atoms with van der Waals surface area (Å²) in [7, 11) is 0. The molecule has 5 rings (SSSR count). The van der Waals surface area contributed by atoms with E-state index in [2.05, 4.69) is 44.3 Å². The van der Waals surface area contributed by atoms with Gasteiger partial charge in [0, 0.05) is 28.3 Å². The molecule has 1 aromatic heterocycles. The summed E-state index contributed by atoms with van der Waals surface area (Å²) < 4.78 is 1.85. The van der Waals surface area contributed by atoms with Crippen LogP contribution in [0.5, 0.6) is 0 Å². The van der Waals surface area contributed by atoms with Gasteiger partial charge in [0.25, 0.3) is 0 Å². The molecule has 2 aliphatic rings. The summed E-state index contributed by atoms with van der Waals surface area (Å²) in [5.41, 5.74) is 4.71. The van der Waals surface area contributed by atoms with Crippen molar-refractivity contribution in [3.05, 3.63) is 76.0 Å². The van der Waals surface area contributed by atoms with Crippen molar-refractivity contribution in [1.82, 2.24) is 14.8 Å². The first kappa shape index (κ1) is 19.1. The highest BCUT2D eigenvalue weighted by molar-refractivity contribution is 6.30. The van der Waals surface area contributed by atoms with E-state index in [9.17, 15) is 4.79 Å². The summed E-state index contributed by atoms with van der Waals surface area (Å²) in [5.74, 6) is 1.41. The third kappa shape index (κ3) is 3.23. The average Bonchev–Trinajstić information content (AvgIpc) is 3.09. The Balaban J connectivity index is 1.69. The van der Waals surface area contributed by atoms with Crippen LogP contribution in [0.2, 0.25) is 5.02 Å². The molecule has 0 amide bonds. The van der Waals surface area contributed by atoms with Gasteiger partial charge in [-0.05, 0) is 36.5 Å². The van der Waals surface area contributed by atoms with Crippen molar-refractivity contribution in [3.63, 3.8) is 0 Å². The van der Waals surface area contributed by atoms with Gasteiger partial charge in [-0.15, -0.1) is 5.10 Å². The first-order valence-electron chi connectivity index (χ1n) is 10.1. The summed E-state index contributed by atoms with van der Waals surface area (Å²) in [6, 6.07) is 15.5. The number of ketones is 1. The van der Waals surface area contributed by atoms with Crippen LogP contribution >= 0.6 is 11.6 Å². The Kier molecular flexibility index (Phi) is 4.33. The molecule has 0 bridgehead atoms. The molecule has 2 heterocycles. The normalized spacial score (nSPS) is 19.9. The number of halogens is 1. The molecule has 3 aromatic rings. The Morgan fingerprint density at radius 1 is 1.13 bits per heavy atom. The van der Waals surface area contributed by atoms with Gasteiger partial charge in [0.1, 0.15) is 6.04 Å². The molecule has 0 saturated heterocycles. The van der Waals surface area contributed by atoms with E-state index in [1.165, 1.54) is 0 Å². The number of rotatable bonds is 2. The smallest absolute Gasteiger partial charge is 0.226 e. The number of carbonyl (C=O) groups is 1. The number of nitrogens with zero attached hydrogens (tertiary/aromatic N) is 3. The van der Waals surface area contributed by atoms with Crippen LogP contribution in [0.25, 0.3) is 11.4 Å². The maximum Gasteiger partial charge on any atom is 0.226 e. The first-order valence-corrected chi connectivity index (χ1v) is 10.5. The fourth-order valence-corrected chi connectivity index (χ4v) is 4.70. The monoisotopic (exact) mass is 418 g/mol. The Hall–Kier alpha value is -2.92. The number of nitrogens with one attached hydrogen (secondary N) is 1. The Morgan fingerprint density at radius 2 is 1.93 bits per heavy atom. The van der Waals surface area contributed by atoms with Crippen LogP contribution in [0.15, 0.2) is 59.8 Å². The van der Waals surface area contributed by atoms with Crippen molar-refractivity contribution in [3.8, 4) is 11.4 Å². The SMILES string of the molecule is Cc1cccc([C@H]2C3=C(CC(C)(C)CC3=O)Nc3nc(-c4cccc(Cl)c4)nn32)c1. The Labute approximate surface area is 180 Å². The number of hydrogen-bond acceptors (Lipinski definition) is 4. The molecule has 1 atom stereocenters. The van der Waals surface area contributed by atoms with Crippen LogP contribution < -0.4 is 5.32 Å². The molecular formula is C24H23ClN4O. The molecule has 30 heavy (non-hydrogen) atoms. The molecule has 6 heteroatoms. The largest absolute Gasteiger partial charge is 0.328 e. The number of fused-ring (bicyclic) bond motifs is 1. The van der Waals surface area contributed by atoms with Crippen molar-refractivity contribution in [1.29, 1.82) is 0 Å². The van der Waals surface area contributed by atoms with Crippen molar-refractivity contribution in [2.45, 2.75) is 39.7 Å². The molecule has 1 aliphatic heterocycles. The minimum Gasteiger partial charge on any atom is -0.328 e. The second-order valence-corrected chi connectivity index (χ2v) is 9.43. The van der Waals surface area contributed by atoms with Gasteiger partial charge in [-0.1, -0.05) is 67.4 Å². The molecule has 152 valence electrons. The van der Waals surface area contributed by atoms with Gasteiger partial charge < -0.3 is 5.32 Å². The van der Waals surface area contributed by atoms with Crippen LogP contribution in [-0.2, 0) is 4.79 Å². The summed E-state index contributed by atoms with van der Waals surface area (Å²) in [6.45, 7) is 6.33. The third-order valence-electron chi connectivity index (χ3n) is 5.77. The number of carbonyl (C=O) groups excluding carboxylic acids is 1. The van der Waals surface area contributed by atoms with E-state index in [-0.39, 0.29) is 17.2 Å². The predicted molar refractivity (Wildman–Crippen MR) is 118 cm³/mol. The summed E-state index contributed by atoms with van der Waals surface area (Å²) >= 11 is 6.18. The van der Waals surface area contributed by atoms with Crippen LogP contribution in [-0.4, -0.2) is 20.5 Å². The maximum atomic E-state index is 13.3. The molecule has 0 radical (unpaired) electrons. The molecule has 0 saturated carbocycles. The number of allylic oxidation sites excluding steroid dienone is 2. The Bertz CT molecular complexity index is 1210. The highest BCUT2D eigenvalue weighted by Crippen LogP contribution is 2.45. The summed E-state index contributed by atoms with van der Waals surface area (Å²) in [6.07, 6.45) is 1.33. The predicted octanol–water partition coefficient (Wildman–Crippen LogP) is 5.57. The van der Waals surface area contributed by atoms with Gasteiger partial charge in [0.05, 0.1) is 0 Å². The van der Waals surface area contributed by atoms with E-state index in [1.54, 1.807) is 0 Å². The number of aromatic nitrogens is 3. The van der Waals surface area contributed by atoms with Gasteiger partial charge in [0.2, 0.25) is 5.95 Å². The highest BCUT2D eigenvalue weighted by atomic mass is 35.5. The van der Waals surface area contributed by atoms with E-state index >= 15 is 0 Å². The topological polar surface area (TPSA) is 59.8 Å². The average molecular weight is 419 g/mol. The first-order chi connectivity index (χ1) is 14.3. The van der Waals surface area contributed by atoms with E-state index in [0.29, 0.717) is 23.2 Å². The molecule has 1 N–H and O–H groups in total. The van der Waals surface area contributed by atoms with Crippen LogP contribution in [0, 0.1) is 12.3 Å². The van der Waals surface area contributed by atoms with Crippen LogP contribution in [0.4, 0.5) is 5.95 Å². The zero-order valence-electron chi connectivity index (χ0n) is 17.2. The number of benzene rings is 2. The second kappa shape index (κ2) is 6.81. The van der Waals surface area contributed by atoms with Crippen molar-refractivity contribution < 1.29 is 4.79 Å². The lowest BCUT2D eigenvalue weighted by molar-refractivity contribution is -0.118. The van der Waals surface area contributed by atoms with Crippen molar-refractivity contribution in [2.24, 2.45) is 5.41 Å². The van der Waals surface area contributed by atoms with Gasteiger partial charge in [-0.3, -0.25) is 4.79 Å². The standard InChI is InChI=1S/C24H23ClN4O/c1-14-6-4-7-15(10-14)21-20-18(12-24(2,3)13-19(20)30)26-23-27-22(28-29(21)23)16-8-5-9-17(25)11-16/h4-11,21H,12-13H2,1-3H3,(H,26,27,28)/t21-/m0/s1. The zero-order valence-corrected chi connectivity index (χ0v) is 18.0. The van der Waals surface area contributed by atoms with Gasteiger partial charge in [-0.2, -0.15) is 4.98 Å². The molecule has 0 spiro atoms. The second-order valence-electron chi connectivity index (χ2n) is 8.99. The fraction of sp³-hybridized carbons (Fsp3) is 0.292. The van der Waals surface area contributed by atoms with Gasteiger partial charge >= 0.3 is 0 Å². The van der Waals surface area contributed by atoms with E-state index < -0.39 is 0 Å². The van der Waals surface area contributed by atoms with E-state index in [0.717, 1.165) is 34.4 Å². The number of anilines is 1. The summed E-state index contributed by atoms with van der Waals surface area (Å²) in [5, 5.41) is 8.87. The molecule has 1 aliphatic carbocycles. The molecule has 2 aromatic carbocycles. The van der Waals surface area contributed by atoms with Crippen LogP contribution in [0.3, 0.4) is 0 Å². The van der Waals surface area contributed by atoms with Crippen molar-refractivity contribution >= 4 is 23.3 Å². The number of aryl methyl sites for hydroxylation is 1. The minimum atomic E-state index is -0.291. The quantitative estimate of drug-likeness (QED) is 0.591. The Morgan fingerprint density at radius 3 is 2.70 bits per heavy atom. The fourth-order valence-electron chi connectivity index (χ4n) is 4.51. The van der Waals surface area contributed by atoms with E-state index in [1.807, 2.05) is 35.0 Å². The molecular weight excluding hydrogens is 396 g/mol. The lowest BCUT2D eigenvalue weighted by Crippen LogP contribution is -2.36.